The fourth-order valence-corrected chi connectivity index (χ4v) is 1.56. The third-order valence-electron chi connectivity index (χ3n) is 2.47. The molecular formula is C11H14N4O5. The number of likely N-dealkylation sites (N-methyl/N-ethyl adjacent to an activating group) is 1. The number of ether oxygens (including phenoxy) is 1. The van der Waals surface area contributed by atoms with E-state index in [0.29, 0.717) is 0 Å². The number of carbonyl (C=O) groups excluding carboxylic acids is 2. The minimum absolute atomic E-state index is 0.0870. The Balaban J connectivity index is 3.33. The van der Waals surface area contributed by atoms with Gasteiger partial charge in [0, 0.05) is 12.6 Å². The predicted molar refractivity (Wildman–Crippen MR) is 69.3 cm³/mol. The van der Waals surface area contributed by atoms with Gasteiger partial charge >= 0.3 is 11.7 Å². The number of anilines is 1. The lowest BCUT2D eigenvalue weighted by molar-refractivity contribution is -0.384. The monoisotopic (exact) mass is 282 g/mol. The molecule has 1 aromatic heterocycles. The number of amides is 1. The van der Waals surface area contributed by atoms with Gasteiger partial charge < -0.3 is 15.4 Å². The molecule has 1 rings (SSSR count). The number of nitrogens with zero attached hydrogens (tertiary/aromatic N) is 3. The fraction of sp³-hybridized carbons (Fsp3) is 0.364. The van der Waals surface area contributed by atoms with Gasteiger partial charge in [-0.1, -0.05) is 0 Å². The molecular weight excluding hydrogens is 268 g/mol. The molecule has 0 aliphatic rings. The molecule has 1 aromatic rings. The first-order chi connectivity index (χ1) is 9.40. The molecule has 0 aliphatic heterocycles. The van der Waals surface area contributed by atoms with Gasteiger partial charge in [0.2, 0.25) is 11.7 Å². The molecule has 0 atom stereocenters. The van der Waals surface area contributed by atoms with Gasteiger partial charge in [-0.3, -0.25) is 14.9 Å². The van der Waals surface area contributed by atoms with E-state index in [1.165, 1.54) is 18.1 Å². The lowest BCUT2D eigenvalue weighted by Gasteiger charge is -2.20. The molecule has 0 fully saturated rings. The number of nitrogens with two attached hydrogens (primary N) is 1. The van der Waals surface area contributed by atoms with Crippen LogP contribution in [0.2, 0.25) is 0 Å². The van der Waals surface area contributed by atoms with E-state index in [4.69, 9.17) is 5.73 Å². The summed E-state index contributed by atoms with van der Waals surface area (Å²) in [6.45, 7) is 1.70. The number of hydrogen-bond donors (Lipinski definition) is 1. The van der Waals surface area contributed by atoms with Gasteiger partial charge in [0.15, 0.2) is 5.69 Å². The largest absolute Gasteiger partial charge is 0.464 e. The Morgan fingerprint density at radius 2 is 2.15 bits per heavy atom. The first-order valence-electron chi connectivity index (χ1n) is 5.67. The van der Waals surface area contributed by atoms with E-state index in [9.17, 15) is 19.7 Å². The molecule has 0 saturated heterocycles. The number of pyridine rings is 1. The third kappa shape index (κ3) is 3.40. The summed E-state index contributed by atoms with van der Waals surface area (Å²) in [5.74, 6) is -1.48. The summed E-state index contributed by atoms with van der Waals surface area (Å²) in [4.78, 5) is 37.9. The minimum Gasteiger partial charge on any atom is -0.464 e. The summed E-state index contributed by atoms with van der Waals surface area (Å²) < 4.78 is 4.50. The van der Waals surface area contributed by atoms with Gasteiger partial charge in [0.05, 0.1) is 18.6 Å². The van der Waals surface area contributed by atoms with E-state index in [0.717, 1.165) is 6.07 Å². The van der Waals surface area contributed by atoms with E-state index in [-0.39, 0.29) is 30.3 Å². The van der Waals surface area contributed by atoms with Crippen LogP contribution in [0.5, 0.6) is 0 Å². The molecule has 0 radical (unpaired) electrons. The number of nitro groups is 1. The predicted octanol–water partition coefficient (Wildman–Crippen LogP) is 0.0880. The SMILES string of the molecule is CCN(CC(N)=O)c1nc(C(=O)OC)ccc1[N+](=O)[O-]. The number of aromatic nitrogens is 1. The van der Waals surface area contributed by atoms with E-state index in [1.807, 2.05) is 0 Å². The normalized spacial score (nSPS) is 9.90. The van der Waals surface area contributed by atoms with Crippen molar-refractivity contribution in [1.82, 2.24) is 4.98 Å². The number of hydrogen-bond acceptors (Lipinski definition) is 7. The van der Waals surface area contributed by atoms with Crippen LogP contribution in [0.3, 0.4) is 0 Å². The van der Waals surface area contributed by atoms with Crippen LogP contribution in [0.1, 0.15) is 17.4 Å². The molecule has 9 heteroatoms. The average molecular weight is 282 g/mol. The summed E-state index contributed by atoms with van der Waals surface area (Å²) in [5.41, 5.74) is 4.68. The number of esters is 1. The molecule has 0 aliphatic carbocycles. The molecule has 9 nitrogen and oxygen atoms in total. The minimum atomic E-state index is -0.726. The molecule has 0 spiro atoms. The average Bonchev–Trinajstić information content (AvgIpc) is 2.42. The van der Waals surface area contributed by atoms with Crippen molar-refractivity contribution in [2.45, 2.75) is 6.92 Å². The summed E-state index contributed by atoms with van der Waals surface area (Å²) in [5, 5.41) is 11.0. The molecule has 108 valence electrons. The Labute approximate surface area is 114 Å². The molecule has 0 saturated carbocycles. The fourth-order valence-electron chi connectivity index (χ4n) is 1.56. The highest BCUT2D eigenvalue weighted by atomic mass is 16.6. The van der Waals surface area contributed by atoms with Crippen LogP contribution in [-0.2, 0) is 9.53 Å². The van der Waals surface area contributed by atoms with Crippen molar-refractivity contribution >= 4 is 23.4 Å². The van der Waals surface area contributed by atoms with Crippen LogP contribution in [0.4, 0.5) is 11.5 Å². The van der Waals surface area contributed by atoms with Crippen molar-refractivity contribution in [1.29, 1.82) is 0 Å². The van der Waals surface area contributed by atoms with Crippen LogP contribution in [-0.4, -0.2) is 42.0 Å². The standard InChI is InChI=1S/C11H14N4O5/c1-3-14(6-9(12)16)10-8(15(18)19)5-4-7(13-10)11(17)20-2/h4-5H,3,6H2,1-2H3,(H2,12,16). The van der Waals surface area contributed by atoms with Crippen LogP contribution in [0.25, 0.3) is 0 Å². The van der Waals surface area contributed by atoms with E-state index < -0.39 is 16.8 Å². The smallest absolute Gasteiger partial charge is 0.356 e. The molecule has 2 N–H and O–H groups in total. The Kier molecular flexibility index (Phi) is 4.95. The zero-order chi connectivity index (χ0) is 15.3. The lowest BCUT2D eigenvalue weighted by Crippen LogP contribution is -2.34. The summed E-state index contributed by atoms with van der Waals surface area (Å²) >= 11 is 0. The number of rotatable bonds is 6. The highest BCUT2D eigenvalue weighted by molar-refractivity contribution is 5.88. The van der Waals surface area contributed by atoms with Gasteiger partial charge in [-0.15, -0.1) is 0 Å². The highest BCUT2D eigenvalue weighted by Gasteiger charge is 2.24. The first kappa shape index (κ1) is 15.3. The number of primary amides is 1. The van der Waals surface area contributed by atoms with Gasteiger partial charge in [-0.25, -0.2) is 9.78 Å². The van der Waals surface area contributed by atoms with Crippen molar-refractivity contribution in [3.05, 3.63) is 27.9 Å². The zero-order valence-electron chi connectivity index (χ0n) is 11.0. The second kappa shape index (κ2) is 6.45. The number of carbonyl (C=O) groups is 2. The molecule has 0 bridgehead atoms. The summed E-state index contributed by atoms with van der Waals surface area (Å²) in [6, 6.07) is 2.32. The Bertz CT molecular complexity index is 546. The van der Waals surface area contributed by atoms with Gasteiger partial charge in [0.1, 0.15) is 0 Å². The van der Waals surface area contributed by atoms with Crippen LogP contribution in [0, 0.1) is 10.1 Å². The van der Waals surface area contributed by atoms with E-state index >= 15 is 0 Å². The third-order valence-corrected chi connectivity index (χ3v) is 2.47. The van der Waals surface area contributed by atoms with Gasteiger partial charge in [0.25, 0.3) is 0 Å². The second-order valence-electron chi connectivity index (χ2n) is 3.77. The van der Waals surface area contributed by atoms with Crippen molar-refractivity contribution < 1.29 is 19.2 Å². The van der Waals surface area contributed by atoms with Crippen LogP contribution >= 0.6 is 0 Å². The van der Waals surface area contributed by atoms with Crippen molar-refractivity contribution in [2.75, 3.05) is 25.1 Å². The van der Waals surface area contributed by atoms with Crippen molar-refractivity contribution in [3.63, 3.8) is 0 Å². The molecule has 20 heavy (non-hydrogen) atoms. The quantitative estimate of drug-likeness (QED) is 0.444. The van der Waals surface area contributed by atoms with Crippen LogP contribution < -0.4 is 10.6 Å². The summed E-state index contributed by atoms with van der Waals surface area (Å²) in [7, 11) is 1.17. The summed E-state index contributed by atoms with van der Waals surface area (Å²) in [6.07, 6.45) is 0. The highest BCUT2D eigenvalue weighted by Crippen LogP contribution is 2.26. The van der Waals surface area contributed by atoms with E-state index in [2.05, 4.69) is 9.72 Å². The Morgan fingerprint density at radius 1 is 1.50 bits per heavy atom. The maximum Gasteiger partial charge on any atom is 0.356 e. The number of methoxy groups -OCH3 is 1. The molecule has 1 heterocycles. The lowest BCUT2D eigenvalue weighted by atomic mass is 10.3. The van der Waals surface area contributed by atoms with E-state index in [1.54, 1.807) is 6.92 Å². The zero-order valence-corrected chi connectivity index (χ0v) is 11.0. The van der Waals surface area contributed by atoms with Gasteiger partial charge in [-0.2, -0.15) is 0 Å². The maximum atomic E-state index is 11.4. The second-order valence-corrected chi connectivity index (χ2v) is 3.77. The van der Waals surface area contributed by atoms with Gasteiger partial charge in [-0.05, 0) is 13.0 Å². The topological polar surface area (TPSA) is 129 Å². The van der Waals surface area contributed by atoms with Crippen molar-refractivity contribution in [2.24, 2.45) is 5.73 Å². The molecule has 0 aromatic carbocycles. The van der Waals surface area contributed by atoms with Crippen LogP contribution in [0.15, 0.2) is 12.1 Å². The first-order valence-corrected chi connectivity index (χ1v) is 5.67. The Hall–Kier alpha value is -2.71. The maximum absolute atomic E-state index is 11.4. The molecule has 1 amide bonds. The Morgan fingerprint density at radius 3 is 2.60 bits per heavy atom. The molecule has 0 unspecified atom stereocenters. The van der Waals surface area contributed by atoms with Crippen molar-refractivity contribution in [3.8, 4) is 0 Å².